The van der Waals surface area contributed by atoms with Crippen molar-refractivity contribution in [2.45, 2.75) is 6.18 Å². The smallest absolute Gasteiger partial charge is 0.336 e. The Bertz CT molecular complexity index is 650. The van der Waals surface area contributed by atoms with Gasteiger partial charge in [-0.15, -0.1) is 0 Å². The average molecular weight is 337 g/mol. The molecule has 0 spiro atoms. The first kappa shape index (κ1) is 16.7. The molecule has 0 aromatic carbocycles. The molecule has 0 unspecified atom stereocenters. The van der Waals surface area contributed by atoms with Crippen LogP contribution < -0.4 is 0 Å². The monoisotopic (exact) mass is 337 g/mol. The molecule has 0 saturated carbocycles. The summed E-state index contributed by atoms with van der Waals surface area (Å²) in [5.41, 5.74) is -1.02. The van der Waals surface area contributed by atoms with Crippen molar-refractivity contribution in [2.24, 2.45) is 0 Å². The fourth-order valence-corrected chi connectivity index (χ4v) is 2.92. The van der Waals surface area contributed by atoms with Crippen LogP contribution in [0.2, 0.25) is 0 Å². The number of rotatable bonds is 2. The van der Waals surface area contributed by atoms with Crippen molar-refractivity contribution in [1.29, 1.82) is 0 Å². The molecule has 0 N–H and O–H groups in total. The molecule has 1 aliphatic heterocycles. The summed E-state index contributed by atoms with van der Waals surface area (Å²) in [6.45, 7) is 0.705. The number of halogens is 3. The summed E-state index contributed by atoms with van der Waals surface area (Å²) in [6, 6.07) is 1.82. The number of aromatic nitrogens is 1. The van der Waals surface area contributed by atoms with E-state index in [0.29, 0.717) is 0 Å². The van der Waals surface area contributed by atoms with Crippen LogP contribution in [0.15, 0.2) is 18.3 Å². The van der Waals surface area contributed by atoms with Crippen LogP contribution >= 0.6 is 0 Å². The lowest BCUT2D eigenvalue weighted by atomic mass is 10.2. The molecular weight excluding hydrogens is 323 g/mol. The Hall–Kier alpha value is -1.68. The van der Waals surface area contributed by atoms with Gasteiger partial charge in [-0.1, -0.05) is 0 Å². The lowest BCUT2D eigenvalue weighted by molar-refractivity contribution is -0.141. The maximum atomic E-state index is 12.4. The Morgan fingerprint density at radius 1 is 1.18 bits per heavy atom. The molecule has 22 heavy (non-hydrogen) atoms. The molecule has 1 amide bonds. The molecule has 1 fully saturated rings. The Morgan fingerprint density at radius 3 is 2.18 bits per heavy atom. The molecule has 1 aromatic rings. The molecule has 0 atom stereocenters. The third kappa shape index (κ3) is 3.74. The fraction of sp³-hybridized carbons (Fsp3) is 0.500. The standard InChI is InChI=1S/C12H14F3N3O3S/c1-22(20,21)18-6-4-17(5-7-18)11(19)9-2-3-10(16-8-9)12(13,14)15/h2-3,8H,4-7H2,1H3. The van der Waals surface area contributed by atoms with Gasteiger partial charge in [-0.3, -0.25) is 9.78 Å². The van der Waals surface area contributed by atoms with Crippen molar-refractivity contribution in [2.75, 3.05) is 32.4 Å². The van der Waals surface area contributed by atoms with E-state index in [1.54, 1.807) is 0 Å². The Labute approximate surface area is 125 Å². The van der Waals surface area contributed by atoms with E-state index in [0.717, 1.165) is 24.6 Å². The van der Waals surface area contributed by atoms with Crippen molar-refractivity contribution < 1.29 is 26.4 Å². The summed E-state index contributed by atoms with van der Waals surface area (Å²) >= 11 is 0. The van der Waals surface area contributed by atoms with Crippen LogP contribution in [0.1, 0.15) is 16.1 Å². The van der Waals surface area contributed by atoms with Crippen molar-refractivity contribution in [1.82, 2.24) is 14.2 Å². The number of pyridine rings is 1. The highest BCUT2D eigenvalue weighted by atomic mass is 32.2. The third-order valence-electron chi connectivity index (χ3n) is 3.30. The molecule has 6 nitrogen and oxygen atoms in total. The summed E-state index contributed by atoms with van der Waals surface area (Å²) in [5.74, 6) is -0.464. The van der Waals surface area contributed by atoms with Crippen LogP contribution in [0, 0.1) is 0 Å². The first-order valence-electron chi connectivity index (χ1n) is 6.36. The van der Waals surface area contributed by atoms with E-state index in [-0.39, 0.29) is 31.7 Å². The van der Waals surface area contributed by atoms with Crippen LogP contribution in [0.25, 0.3) is 0 Å². The van der Waals surface area contributed by atoms with Gasteiger partial charge >= 0.3 is 6.18 Å². The maximum Gasteiger partial charge on any atom is 0.433 e. The number of hydrogen-bond acceptors (Lipinski definition) is 4. The van der Waals surface area contributed by atoms with Crippen molar-refractivity contribution in [3.63, 3.8) is 0 Å². The van der Waals surface area contributed by atoms with Gasteiger partial charge in [0.2, 0.25) is 10.0 Å². The first-order chi connectivity index (χ1) is 10.1. The minimum absolute atomic E-state index is 0.0424. The molecule has 0 bridgehead atoms. The Kier molecular flexibility index (Phi) is 4.43. The third-order valence-corrected chi connectivity index (χ3v) is 4.60. The van der Waals surface area contributed by atoms with Crippen molar-refractivity contribution in [3.05, 3.63) is 29.6 Å². The van der Waals surface area contributed by atoms with Gasteiger partial charge in [0.05, 0.1) is 11.8 Å². The zero-order valence-electron chi connectivity index (χ0n) is 11.7. The summed E-state index contributed by atoms with van der Waals surface area (Å²) in [5, 5.41) is 0. The highest BCUT2D eigenvalue weighted by Gasteiger charge is 2.33. The van der Waals surface area contributed by atoms with Gasteiger partial charge in [0.15, 0.2) is 0 Å². The van der Waals surface area contributed by atoms with E-state index in [4.69, 9.17) is 0 Å². The van der Waals surface area contributed by atoms with Crippen molar-refractivity contribution in [3.8, 4) is 0 Å². The highest BCUT2D eigenvalue weighted by molar-refractivity contribution is 7.88. The van der Waals surface area contributed by atoms with E-state index in [1.165, 1.54) is 9.21 Å². The lowest BCUT2D eigenvalue weighted by Crippen LogP contribution is -2.50. The second-order valence-electron chi connectivity index (χ2n) is 4.88. The molecule has 0 aliphatic carbocycles. The Balaban J connectivity index is 2.04. The molecule has 1 saturated heterocycles. The van der Waals surface area contributed by atoms with E-state index in [1.807, 2.05) is 0 Å². The van der Waals surface area contributed by atoms with Crippen LogP contribution in [-0.2, 0) is 16.2 Å². The van der Waals surface area contributed by atoms with E-state index < -0.39 is 27.8 Å². The summed E-state index contributed by atoms with van der Waals surface area (Å²) in [4.78, 5) is 16.8. The Morgan fingerprint density at radius 2 is 1.77 bits per heavy atom. The minimum atomic E-state index is -4.55. The largest absolute Gasteiger partial charge is 0.433 e. The van der Waals surface area contributed by atoms with Crippen LogP contribution in [0.5, 0.6) is 0 Å². The zero-order valence-corrected chi connectivity index (χ0v) is 12.5. The number of sulfonamides is 1. The molecule has 1 aromatic heterocycles. The van der Waals surface area contributed by atoms with Gasteiger partial charge in [0.25, 0.3) is 5.91 Å². The number of carbonyl (C=O) groups is 1. The van der Waals surface area contributed by atoms with Gasteiger partial charge in [-0.2, -0.15) is 17.5 Å². The fourth-order valence-electron chi connectivity index (χ4n) is 2.09. The van der Waals surface area contributed by atoms with Gasteiger partial charge < -0.3 is 4.90 Å². The van der Waals surface area contributed by atoms with E-state index in [9.17, 15) is 26.4 Å². The zero-order chi connectivity index (χ0) is 16.5. The van der Waals surface area contributed by atoms with Gasteiger partial charge in [0.1, 0.15) is 5.69 Å². The number of alkyl halides is 3. The predicted octanol–water partition coefficient (Wildman–Crippen LogP) is 0.818. The highest BCUT2D eigenvalue weighted by Crippen LogP contribution is 2.27. The van der Waals surface area contributed by atoms with Gasteiger partial charge in [-0.25, -0.2) is 8.42 Å². The summed E-state index contributed by atoms with van der Waals surface area (Å²) in [7, 11) is -3.30. The normalized spacial score (nSPS) is 17.5. The summed E-state index contributed by atoms with van der Waals surface area (Å²) in [6.07, 6.45) is -2.58. The van der Waals surface area contributed by atoms with E-state index in [2.05, 4.69) is 4.98 Å². The molecule has 0 radical (unpaired) electrons. The van der Waals surface area contributed by atoms with Gasteiger partial charge in [0, 0.05) is 32.4 Å². The molecule has 122 valence electrons. The molecule has 2 rings (SSSR count). The maximum absolute atomic E-state index is 12.4. The molecule has 10 heteroatoms. The molecule has 1 aliphatic rings. The van der Waals surface area contributed by atoms with E-state index >= 15 is 0 Å². The SMILES string of the molecule is CS(=O)(=O)N1CCN(C(=O)c2ccc(C(F)(F)F)nc2)CC1. The topological polar surface area (TPSA) is 70.6 Å². The number of piperazine rings is 1. The molecular formula is C12H14F3N3O3S. The number of amides is 1. The number of carbonyl (C=O) groups excluding carboxylic acids is 1. The van der Waals surface area contributed by atoms with Crippen molar-refractivity contribution >= 4 is 15.9 Å². The number of hydrogen-bond donors (Lipinski definition) is 0. The quantitative estimate of drug-likeness (QED) is 0.801. The number of nitrogens with zero attached hydrogens (tertiary/aromatic N) is 3. The van der Waals surface area contributed by atoms with Crippen LogP contribution in [-0.4, -0.2) is 60.9 Å². The van der Waals surface area contributed by atoms with Gasteiger partial charge in [-0.05, 0) is 12.1 Å². The lowest BCUT2D eigenvalue weighted by Gasteiger charge is -2.33. The minimum Gasteiger partial charge on any atom is -0.336 e. The second kappa shape index (κ2) is 5.84. The van der Waals surface area contributed by atoms with Crippen LogP contribution in [0.3, 0.4) is 0 Å². The first-order valence-corrected chi connectivity index (χ1v) is 8.21. The summed E-state index contributed by atoms with van der Waals surface area (Å²) < 4.78 is 61.2. The predicted molar refractivity (Wildman–Crippen MR) is 71.6 cm³/mol. The molecule has 2 heterocycles. The second-order valence-corrected chi connectivity index (χ2v) is 6.87. The average Bonchev–Trinajstić information content (AvgIpc) is 2.45. The van der Waals surface area contributed by atoms with Crippen LogP contribution in [0.4, 0.5) is 13.2 Å².